The molecule has 1 fully saturated rings. The Labute approximate surface area is 170 Å². The van der Waals surface area contributed by atoms with Crippen LogP contribution in [0.25, 0.3) is 0 Å². The highest BCUT2D eigenvalue weighted by atomic mass is 19.1. The van der Waals surface area contributed by atoms with Gasteiger partial charge < -0.3 is 10.1 Å². The van der Waals surface area contributed by atoms with Crippen LogP contribution in [0.4, 0.5) is 4.39 Å². The number of rotatable bonds is 6. The number of carbonyl (C=O) groups is 2. The summed E-state index contributed by atoms with van der Waals surface area (Å²) < 4.78 is 19.9. The molecule has 154 valence electrons. The zero-order valence-electron chi connectivity index (χ0n) is 17.1. The first-order valence-corrected chi connectivity index (χ1v) is 9.86. The molecule has 0 saturated carbocycles. The first-order chi connectivity index (χ1) is 13.8. The zero-order valence-corrected chi connectivity index (χ0v) is 17.1. The quantitative estimate of drug-likeness (QED) is 0.756. The lowest BCUT2D eigenvalue weighted by Crippen LogP contribution is -2.44. The van der Waals surface area contributed by atoms with Crippen LogP contribution < -0.4 is 5.32 Å². The van der Waals surface area contributed by atoms with Gasteiger partial charge in [0.2, 0.25) is 0 Å². The number of nitrogens with zero attached hydrogens (tertiary/aromatic N) is 1. The summed E-state index contributed by atoms with van der Waals surface area (Å²) in [6.07, 6.45) is 0.469. The maximum Gasteiger partial charge on any atom is 0.254 e. The number of benzene rings is 2. The molecule has 1 heterocycles. The molecule has 0 spiro atoms. The van der Waals surface area contributed by atoms with Crippen molar-refractivity contribution >= 4 is 11.7 Å². The van der Waals surface area contributed by atoms with Crippen LogP contribution in [0, 0.1) is 5.82 Å². The second-order valence-electron chi connectivity index (χ2n) is 7.70. The van der Waals surface area contributed by atoms with Gasteiger partial charge in [-0.3, -0.25) is 14.5 Å². The second kappa shape index (κ2) is 9.29. The van der Waals surface area contributed by atoms with Gasteiger partial charge in [0, 0.05) is 31.7 Å². The van der Waals surface area contributed by atoms with Gasteiger partial charge in [0.1, 0.15) is 5.82 Å². The molecule has 6 heteroatoms. The fraction of sp³-hybridized carbons (Fsp3) is 0.391. The molecule has 3 rings (SSSR count). The molecule has 29 heavy (non-hydrogen) atoms. The largest absolute Gasteiger partial charge is 0.373 e. The van der Waals surface area contributed by atoms with Crippen molar-refractivity contribution in [1.82, 2.24) is 10.2 Å². The number of carbonyl (C=O) groups excluding carboxylic acids is 2. The molecule has 0 bridgehead atoms. The van der Waals surface area contributed by atoms with Gasteiger partial charge in [-0.2, -0.15) is 0 Å². The molecule has 1 saturated heterocycles. The Hall–Kier alpha value is -2.57. The Morgan fingerprint density at radius 2 is 1.69 bits per heavy atom. The Kier molecular flexibility index (Phi) is 6.77. The van der Waals surface area contributed by atoms with Crippen LogP contribution in [0.3, 0.4) is 0 Å². The van der Waals surface area contributed by atoms with Gasteiger partial charge in [-0.1, -0.05) is 30.3 Å². The number of morpholine rings is 1. The first-order valence-electron chi connectivity index (χ1n) is 9.86. The lowest BCUT2D eigenvalue weighted by molar-refractivity contribution is -0.0704. The monoisotopic (exact) mass is 398 g/mol. The average molecular weight is 398 g/mol. The normalized spacial score (nSPS) is 19.7. The molecular weight excluding hydrogens is 371 g/mol. The summed E-state index contributed by atoms with van der Waals surface area (Å²) in [7, 11) is 0. The lowest BCUT2D eigenvalue weighted by Gasteiger charge is -2.35. The van der Waals surface area contributed by atoms with Crippen LogP contribution in [0.2, 0.25) is 0 Å². The van der Waals surface area contributed by atoms with Crippen molar-refractivity contribution in [2.45, 2.75) is 46.1 Å². The van der Waals surface area contributed by atoms with Crippen molar-refractivity contribution in [3.05, 3.63) is 70.5 Å². The van der Waals surface area contributed by atoms with Crippen molar-refractivity contribution < 1.29 is 18.7 Å². The minimum atomic E-state index is -0.695. The topological polar surface area (TPSA) is 58.6 Å². The summed E-state index contributed by atoms with van der Waals surface area (Å²) >= 11 is 0. The van der Waals surface area contributed by atoms with Crippen molar-refractivity contribution in [1.29, 1.82) is 0 Å². The summed E-state index contributed by atoms with van der Waals surface area (Å²) in [5, 5.41) is 2.73. The Morgan fingerprint density at radius 3 is 2.28 bits per heavy atom. The fourth-order valence-corrected chi connectivity index (χ4v) is 3.63. The molecule has 0 aliphatic carbocycles. The molecule has 2 atom stereocenters. The van der Waals surface area contributed by atoms with Crippen LogP contribution in [0.15, 0.2) is 42.5 Å². The van der Waals surface area contributed by atoms with Crippen LogP contribution in [-0.2, 0) is 17.8 Å². The van der Waals surface area contributed by atoms with E-state index in [-0.39, 0.29) is 29.1 Å². The van der Waals surface area contributed by atoms with E-state index in [4.69, 9.17) is 4.74 Å². The number of hydrogen-bond acceptors (Lipinski definition) is 4. The van der Waals surface area contributed by atoms with E-state index in [0.717, 1.165) is 31.3 Å². The smallest absolute Gasteiger partial charge is 0.254 e. The number of Topliss-reactive ketones (excluding diaryl/α,β-unsaturated/α-hetero) is 1. The van der Waals surface area contributed by atoms with E-state index in [9.17, 15) is 14.0 Å². The fourth-order valence-electron chi connectivity index (χ4n) is 3.63. The molecule has 2 aromatic carbocycles. The first kappa shape index (κ1) is 21.1. The lowest BCUT2D eigenvalue weighted by atomic mass is 10.1. The standard InChI is InChI=1S/C23H27FN2O3/c1-15-12-26(13-16(2)29-15)14-19-6-4-18(5-7-19)11-25-23(28)21-9-8-20(17(3)27)10-22(21)24/h4-10,15-16H,11-14H2,1-3H3,(H,25,28)/t15-,16-/m1/s1. The van der Waals surface area contributed by atoms with Crippen LogP contribution >= 0.6 is 0 Å². The summed E-state index contributed by atoms with van der Waals surface area (Å²) in [5.74, 6) is -1.44. The van der Waals surface area contributed by atoms with Crippen molar-refractivity contribution in [3.63, 3.8) is 0 Å². The minimum Gasteiger partial charge on any atom is -0.373 e. The van der Waals surface area contributed by atoms with E-state index in [0.29, 0.717) is 6.54 Å². The van der Waals surface area contributed by atoms with E-state index in [1.54, 1.807) is 0 Å². The highest BCUT2D eigenvalue weighted by Crippen LogP contribution is 2.15. The van der Waals surface area contributed by atoms with Crippen molar-refractivity contribution in [2.75, 3.05) is 13.1 Å². The zero-order chi connectivity index (χ0) is 21.0. The minimum absolute atomic E-state index is 0.0674. The second-order valence-corrected chi connectivity index (χ2v) is 7.70. The molecule has 1 N–H and O–H groups in total. The number of ketones is 1. The van der Waals surface area contributed by atoms with Crippen molar-refractivity contribution in [2.24, 2.45) is 0 Å². The van der Waals surface area contributed by atoms with Gasteiger partial charge in [-0.05, 0) is 44.0 Å². The Bertz CT molecular complexity index is 872. The van der Waals surface area contributed by atoms with E-state index >= 15 is 0 Å². The molecule has 0 unspecified atom stereocenters. The Balaban J connectivity index is 1.55. The summed E-state index contributed by atoms with van der Waals surface area (Å²) in [6, 6.07) is 11.9. The van der Waals surface area contributed by atoms with Gasteiger partial charge in [0.05, 0.1) is 17.8 Å². The molecule has 2 aromatic rings. The van der Waals surface area contributed by atoms with Crippen LogP contribution in [0.5, 0.6) is 0 Å². The predicted molar refractivity (Wildman–Crippen MR) is 109 cm³/mol. The third-order valence-corrected chi connectivity index (χ3v) is 5.00. The summed E-state index contributed by atoms with van der Waals surface area (Å²) in [6.45, 7) is 8.53. The highest BCUT2D eigenvalue weighted by Gasteiger charge is 2.22. The van der Waals surface area contributed by atoms with Crippen LogP contribution in [-0.4, -0.2) is 41.9 Å². The third kappa shape index (κ3) is 5.71. The maximum absolute atomic E-state index is 14.1. The van der Waals surface area contributed by atoms with Gasteiger partial charge in [0.25, 0.3) is 5.91 Å². The molecule has 0 radical (unpaired) electrons. The van der Waals surface area contributed by atoms with Gasteiger partial charge in [-0.25, -0.2) is 4.39 Å². The average Bonchev–Trinajstić information content (AvgIpc) is 2.66. The summed E-state index contributed by atoms with van der Waals surface area (Å²) in [4.78, 5) is 25.9. The predicted octanol–water partition coefficient (Wildman–Crippen LogP) is 3.57. The number of amides is 1. The van der Waals surface area contributed by atoms with E-state index in [2.05, 4.69) is 36.2 Å². The third-order valence-electron chi connectivity index (χ3n) is 5.00. The van der Waals surface area contributed by atoms with E-state index < -0.39 is 11.7 Å². The van der Waals surface area contributed by atoms with Crippen LogP contribution in [0.1, 0.15) is 52.6 Å². The molecule has 1 aliphatic rings. The molecule has 1 aliphatic heterocycles. The maximum atomic E-state index is 14.1. The number of ether oxygens (including phenoxy) is 1. The van der Waals surface area contributed by atoms with E-state index in [1.807, 2.05) is 12.1 Å². The summed E-state index contributed by atoms with van der Waals surface area (Å²) in [5.41, 5.74) is 2.32. The highest BCUT2D eigenvalue weighted by molar-refractivity contribution is 5.97. The number of halogens is 1. The number of hydrogen-bond donors (Lipinski definition) is 1. The molecular formula is C23H27FN2O3. The molecule has 1 amide bonds. The molecule has 5 nitrogen and oxygen atoms in total. The van der Waals surface area contributed by atoms with Gasteiger partial charge in [-0.15, -0.1) is 0 Å². The van der Waals surface area contributed by atoms with Gasteiger partial charge in [0.15, 0.2) is 5.78 Å². The van der Waals surface area contributed by atoms with Gasteiger partial charge >= 0.3 is 0 Å². The SMILES string of the molecule is CC(=O)c1ccc(C(=O)NCc2ccc(CN3C[C@@H](C)O[C@H](C)C3)cc2)c(F)c1. The van der Waals surface area contributed by atoms with Crippen molar-refractivity contribution in [3.8, 4) is 0 Å². The Morgan fingerprint density at radius 1 is 1.07 bits per heavy atom. The molecule has 0 aromatic heterocycles. The number of nitrogens with one attached hydrogen (secondary N) is 1. The van der Waals surface area contributed by atoms with E-state index in [1.165, 1.54) is 24.6 Å².